The predicted molar refractivity (Wildman–Crippen MR) is 105 cm³/mol. The Labute approximate surface area is 173 Å². The fourth-order valence-corrected chi connectivity index (χ4v) is 3.69. The number of non-ortho nitro benzene ring substituents is 1. The van der Waals surface area contributed by atoms with Gasteiger partial charge in [0.05, 0.1) is 4.92 Å². The van der Waals surface area contributed by atoms with Crippen LogP contribution in [0.25, 0.3) is 0 Å². The van der Waals surface area contributed by atoms with Crippen LogP contribution in [0.2, 0.25) is 0 Å². The van der Waals surface area contributed by atoms with E-state index in [9.17, 15) is 29.3 Å². The molecule has 3 rings (SSSR count). The molecule has 0 atom stereocenters. The van der Waals surface area contributed by atoms with Gasteiger partial charge < -0.3 is 21.3 Å². The summed E-state index contributed by atoms with van der Waals surface area (Å²) < 4.78 is 0. The van der Waals surface area contributed by atoms with E-state index in [4.69, 9.17) is 24.4 Å². The Morgan fingerprint density at radius 1 is 0.828 bits per heavy atom. The van der Waals surface area contributed by atoms with Gasteiger partial charge in [0, 0.05) is 18.1 Å². The van der Waals surface area contributed by atoms with Crippen LogP contribution in [0.4, 0.5) is 5.69 Å². The van der Waals surface area contributed by atoms with Gasteiger partial charge in [0.25, 0.3) is 5.69 Å². The van der Waals surface area contributed by atoms with Gasteiger partial charge in [-0.2, -0.15) is 0 Å². The van der Waals surface area contributed by atoms with Crippen molar-refractivity contribution in [1.82, 2.24) is 21.3 Å². The summed E-state index contributed by atoms with van der Waals surface area (Å²) in [4.78, 5) is 60.1. The minimum Gasteiger partial charge on any atom is -0.302 e. The number of thiocarbonyl (C=S) groups is 2. The topological polar surface area (TPSA) is 160 Å². The van der Waals surface area contributed by atoms with E-state index in [2.05, 4.69) is 21.3 Å². The highest BCUT2D eigenvalue weighted by atomic mass is 32.1. The molecule has 4 N–H and O–H groups in total. The molecule has 13 heteroatoms. The zero-order valence-corrected chi connectivity index (χ0v) is 16.1. The second-order valence-electron chi connectivity index (χ2n) is 6.36. The number of nitrogens with zero attached hydrogens (tertiary/aromatic N) is 1. The molecule has 1 aromatic carbocycles. The van der Waals surface area contributed by atoms with E-state index in [0.717, 1.165) is 0 Å². The normalized spacial score (nSPS) is 18.2. The molecule has 2 saturated heterocycles. The summed E-state index contributed by atoms with van der Waals surface area (Å²) in [6, 6.07) is 5.35. The smallest absolute Gasteiger partial charge is 0.269 e. The lowest BCUT2D eigenvalue weighted by molar-refractivity contribution is -0.384. The van der Waals surface area contributed by atoms with Crippen LogP contribution in [0, 0.1) is 27.9 Å². The zero-order chi connectivity index (χ0) is 21.3. The zero-order valence-electron chi connectivity index (χ0n) is 14.5. The number of nitro groups is 1. The number of nitro benzene ring substituents is 1. The quantitative estimate of drug-likeness (QED) is 0.199. The van der Waals surface area contributed by atoms with Crippen molar-refractivity contribution in [3.8, 4) is 0 Å². The van der Waals surface area contributed by atoms with Crippen LogP contribution in [-0.2, 0) is 25.6 Å². The molecule has 0 bridgehead atoms. The van der Waals surface area contributed by atoms with Crippen LogP contribution < -0.4 is 21.3 Å². The average Bonchev–Trinajstić information content (AvgIpc) is 2.60. The molecule has 29 heavy (non-hydrogen) atoms. The molecule has 0 aliphatic carbocycles. The molecule has 2 aliphatic heterocycles. The van der Waals surface area contributed by atoms with Gasteiger partial charge in [-0.15, -0.1) is 0 Å². The van der Waals surface area contributed by atoms with E-state index in [1.807, 2.05) is 0 Å². The lowest BCUT2D eigenvalue weighted by Crippen LogP contribution is -2.63. The summed E-state index contributed by atoms with van der Waals surface area (Å²) in [5.41, 5.74) is 0.338. The van der Waals surface area contributed by atoms with Gasteiger partial charge in [0.2, 0.25) is 23.6 Å². The molecule has 2 fully saturated rings. The Morgan fingerprint density at radius 2 is 1.21 bits per heavy atom. The summed E-state index contributed by atoms with van der Waals surface area (Å²) >= 11 is 9.57. The number of nitrogens with one attached hydrogen (secondary N) is 4. The van der Waals surface area contributed by atoms with Crippen molar-refractivity contribution in [2.75, 3.05) is 0 Å². The van der Waals surface area contributed by atoms with Crippen molar-refractivity contribution >= 4 is 64.0 Å². The highest BCUT2D eigenvalue weighted by Gasteiger charge is 2.49. The first-order valence-corrected chi connectivity index (χ1v) is 9.03. The second kappa shape index (κ2) is 7.97. The van der Waals surface area contributed by atoms with Crippen LogP contribution in [0.3, 0.4) is 0 Å². The van der Waals surface area contributed by atoms with Crippen LogP contribution >= 0.6 is 24.4 Å². The van der Waals surface area contributed by atoms with Gasteiger partial charge in [-0.05, 0) is 36.4 Å². The molecule has 11 nitrogen and oxygen atoms in total. The van der Waals surface area contributed by atoms with Crippen LogP contribution in [0.15, 0.2) is 24.3 Å². The Bertz CT molecular complexity index is 875. The summed E-state index contributed by atoms with van der Waals surface area (Å²) in [5, 5.41) is 19.7. The first-order valence-electron chi connectivity index (χ1n) is 8.22. The van der Waals surface area contributed by atoms with E-state index >= 15 is 0 Å². The van der Waals surface area contributed by atoms with Crippen molar-refractivity contribution in [3.05, 3.63) is 39.9 Å². The summed E-state index contributed by atoms with van der Waals surface area (Å²) in [6.45, 7) is 0. The van der Waals surface area contributed by atoms with Gasteiger partial charge >= 0.3 is 0 Å². The SMILES string of the molecule is O=C1NC(=S)NC(=O)C1C(Cc1ccc([N+](=O)[O-])cc1)C1C(=O)NC(=S)NC1=O. The van der Waals surface area contributed by atoms with E-state index in [0.29, 0.717) is 5.56 Å². The fourth-order valence-electron chi connectivity index (χ4n) is 3.29. The highest BCUT2D eigenvalue weighted by Crippen LogP contribution is 2.30. The summed E-state index contributed by atoms with van der Waals surface area (Å²) in [6.07, 6.45) is -0.0610. The second-order valence-corrected chi connectivity index (χ2v) is 7.18. The lowest BCUT2D eigenvalue weighted by Gasteiger charge is -2.35. The standard InChI is InChI=1S/C16H13N5O6S2/c22-11-9(12(23)18-15(28)17-11)8(10-13(24)19-16(29)20-14(10)25)5-6-1-3-7(4-2-6)21(26)27/h1-4,8-10H,5H2,(H2,17,18,22,23,28)(H2,19,20,24,25,29). The third-order valence-electron chi connectivity index (χ3n) is 4.55. The first-order chi connectivity index (χ1) is 13.7. The summed E-state index contributed by atoms with van der Waals surface area (Å²) in [7, 11) is 0. The minimum absolute atomic E-state index is 0.0610. The van der Waals surface area contributed by atoms with Crippen LogP contribution in [0.5, 0.6) is 0 Å². The van der Waals surface area contributed by atoms with Gasteiger partial charge in [-0.3, -0.25) is 29.3 Å². The predicted octanol–water partition coefficient (Wildman–Crippen LogP) is -0.952. The molecule has 0 spiro atoms. The maximum atomic E-state index is 12.5. The van der Waals surface area contributed by atoms with E-state index in [-0.39, 0.29) is 22.3 Å². The van der Waals surface area contributed by atoms with E-state index in [1.165, 1.54) is 24.3 Å². The number of amides is 4. The van der Waals surface area contributed by atoms with Crippen molar-refractivity contribution in [2.24, 2.45) is 17.8 Å². The lowest BCUT2D eigenvalue weighted by atomic mass is 9.74. The number of carbonyl (C=O) groups excluding carboxylic acids is 4. The first kappa shape index (κ1) is 20.4. The number of benzene rings is 1. The largest absolute Gasteiger partial charge is 0.302 e. The Morgan fingerprint density at radius 3 is 1.55 bits per heavy atom. The van der Waals surface area contributed by atoms with Crippen LogP contribution in [0.1, 0.15) is 5.56 Å². The molecule has 0 saturated carbocycles. The molecule has 1 aromatic rings. The average molecular weight is 435 g/mol. The number of hydrogen-bond donors (Lipinski definition) is 4. The molecule has 0 aromatic heterocycles. The molecule has 0 radical (unpaired) electrons. The Kier molecular flexibility index (Phi) is 5.61. The van der Waals surface area contributed by atoms with E-state index < -0.39 is 46.3 Å². The van der Waals surface area contributed by atoms with Crippen molar-refractivity contribution in [2.45, 2.75) is 6.42 Å². The molecular formula is C16H13N5O6S2. The Hall–Kier alpha value is -3.32. The molecule has 150 valence electrons. The van der Waals surface area contributed by atoms with Crippen molar-refractivity contribution in [3.63, 3.8) is 0 Å². The van der Waals surface area contributed by atoms with Gasteiger partial charge in [-0.25, -0.2) is 0 Å². The van der Waals surface area contributed by atoms with Gasteiger partial charge in [0.1, 0.15) is 11.8 Å². The number of rotatable bonds is 5. The van der Waals surface area contributed by atoms with E-state index in [1.54, 1.807) is 0 Å². The van der Waals surface area contributed by atoms with Gasteiger partial charge in [0.15, 0.2) is 10.2 Å². The molecule has 2 heterocycles. The number of hydrogen-bond acceptors (Lipinski definition) is 8. The Balaban J connectivity index is 1.98. The fraction of sp³-hybridized carbons (Fsp3) is 0.250. The van der Waals surface area contributed by atoms with Crippen molar-refractivity contribution < 1.29 is 24.1 Å². The highest BCUT2D eigenvalue weighted by molar-refractivity contribution is 7.80. The molecule has 2 aliphatic rings. The third-order valence-corrected chi connectivity index (χ3v) is 4.96. The van der Waals surface area contributed by atoms with Gasteiger partial charge in [-0.1, -0.05) is 12.1 Å². The third kappa shape index (κ3) is 4.25. The molecular weight excluding hydrogens is 422 g/mol. The minimum atomic E-state index is -1.40. The maximum absolute atomic E-state index is 12.5. The molecule has 4 amide bonds. The maximum Gasteiger partial charge on any atom is 0.269 e. The van der Waals surface area contributed by atoms with Crippen LogP contribution in [-0.4, -0.2) is 38.8 Å². The number of carbonyl (C=O) groups is 4. The van der Waals surface area contributed by atoms with Crippen molar-refractivity contribution in [1.29, 1.82) is 0 Å². The monoisotopic (exact) mass is 435 g/mol. The summed E-state index contributed by atoms with van der Waals surface area (Å²) in [5.74, 6) is -6.89. The molecule has 0 unspecified atom stereocenters.